The molecule has 1 rings (SSSR count). The van der Waals surface area contributed by atoms with Crippen LogP contribution in [0, 0.1) is 0 Å². The molecule has 4 heteroatoms. The van der Waals surface area contributed by atoms with Crippen molar-refractivity contribution in [3.05, 3.63) is 0 Å². The first-order chi connectivity index (χ1) is 7.02. The molecule has 0 atom stereocenters. The summed E-state index contributed by atoms with van der Waals surface area (Å²) in [5, 5.41) is 2.74. The quantitative estimate of drug-likeness (QED) is 0.720. The first kappa shape index (κ1) is 12.8. The van der Waals surface area contributed by atoms with Crippen molar-refractivity contribution in [2.45, 2.75) is 63.6 Å². The van der Waals surface area contributed by atoms with Gasteiger partial charge in [0.1, 0.15) is 5.54 Å². The van der Waals surface area contributed by atoms with Crippen LogP contribution in [0.15, 0.2) is 0 Å². The summed E-state index contributed by atoms with van der Waals surface area (Å²) in [6.07, 6.45) is 0.390. The average molecular weight is 223 g/mol. The topological polar surface area (TPSA) is 12.0 Å². The van der Waals surface area contributed by atoms with Gasteiger partial charge >= 0.3 is 6.18 Å². The number of rotatable bonds is 3. The average Bonchev–Trinajstić information content (AvgIpc) is 2.39. The number of nitrogens with one attached hydrogen (secondary N) is 1. The summed E-state index contributed by atoms with van der Waals surface area (Å²) in [7, 11) is 0. The fraction of sp³-hybridized carbons (Fsp3) is 1.00. The lowest BCUT2D eigenvalue weighted by Crippen LogP contribution is -2.56. The zero-order valence-corrected chi connectivity index (χ0v) is 9.29. The van der Waals surface area contributed by atoms with Crippen LogP contribution >= 0.6 is 0 Å². The van der Waals surface area contributed by atoms with Crippen molar-refractivity contribution in [2.24, 2.45) is 0 Å². The maximum absolute atomic E-state index is 13.0. The van der Waals surface area contributed by atoms with Gasteiger partial charge in [0, 0.05) is 0 Å². The smallest absolute Gasteiger partial charge is 0.304 e. The Bertz CT molecular complexity index is 181. The molecule has 0 heterocycles. The first-order valence-electron chi connectivity index (χ1n) is 5.83. The molecule has 1 aliphatic rings. The third kappa shape index (κ3) is 3.10. The maximum Gasteiger partial charge on any atom is 0.406 e. The van der Waals surface area contributed by atoms with Gasteiger partial charge in [-0.15, -0.1) is 0 Å². The van der Waals surface area contributed by atoms with Crippen molar-refractivity contribution in [3.63, 3.8) is 0 Å². The maximum atomic E-state index is 13.0. The van der Waals surface area contributed by atoms with E-state index < -0.39 is 11.7 Å². The van der Waals surface area contributed by atoms with Gasteiger partial charge in [0.25, 0.3) is 0 Å². The third-order valence-corrected chi connectivity index (χ3v) is 3.21. The van der Waals surface area contributed by atoms with Crippen molar-refractivity contribution in [2.75, 3.05) is 6.54 Å². The fourth-order valence-electron chi connectivity index (χ4n) is 2.26. The van der Waals surface area contributed by atoms with Gasteiger partial charge in [0.05, 0.1) is 0 Å². The Morgan fingerprint density at radius 1 is 1.07 bits per heavy atom. The van der Waals surface area contributed by atoms with E-state index in [1.54, 1.807) is 0 Å². The molecule has 1 N–H and O–H groups in total. The van der Waals surface area contributed by atoms with Gasteiger partial charge in [-0.05, 0) is 25.8 Å². The summed E-state index contributed by atoms with van der Waals surface area (Å²) in [5.74, 6) is 0. The minimum Gasteiger partial charge on any atom is -0.304 e. The molecule has 0 amide bonds. The molecule has 1 saturated carbocycles. The van der Waals surface area contributed by atoms with Gasteiger partial charge in [-0.3, -0.25) is 0 Å². The number of alkyl halides is 3. The predicted octanol–water partition coefficient (Wildman–Crippen LogP) is 3.64. The van der Waals surface area contributed by atoms with Gasteiger partial charge in [0.2, 0.25) is 0 Å². The van der Waals surface area contributed by atoms with Crippen LogP contribution in [0.2, 0.25) is 0 Å². The summed E-state index contributed by atoms with van der Waals surface area (Å²) in [6.45, 7) is 2.35. The van der Waals surface area contributed by atoms with Crippen LogP contribution in [0.1, 0.15) is 51.9 Å². The van der Waals surface area contributed by atoms with E-state index in [2.05, 4.69) is 5.32 Å². The summed E-state index contributed by atoms with van der Waals surface area (Å²) in [4.78, 5) is 0. The molecule has 0 aliphatic heterocycles. The molecule has 90 valence electrons. The number of halogens is 3. The first-order valence-corrected chi connectivity index (χ1v) is 5.83. The van der Waals surface area contributed by atoms with E-state index in [9.17, 15) is 13.2 Å². The Morgan fingerprint density at radius 3 is 2.00 bits per heavy atom. The van der Waals surface area contributed by atoms with Gasteiger partial charge < -0.3 is 5.32 Å². The van der Waals surface area contributed by atoms with Crippen molar-refractivity contribution in [3.8, 4) is 0 Å². The Morgan fingerprint density at radius 2 is 1.60 bits per heavy atom. The standard InChI is InChI=1S/C11H20F3N/c1-2-9-15-10(11(12,13)14)7-5-3-4-6-8-10/h15H,2-9H2,1H3. The van der Waals surface area contributed by atoms with Gasteiger partial charge in [-0.1, -0.05) is 32.6 Å². The van der Waals surface area contributed by atoms with Crippen molar-refractivity contribution < 1.29 is 13.2 Å². The largest absolute Gasteiger partial charge is 0.406 e. The van der Waals surface area contributed by atoms with Gasteiger partial charge in [-0.2, -0.15) is 13.2 Å². The van der Waals surface area contributed by atoms with Crippen LogP contribution in [0.3, 0.4) is 0 Å². The second-order valence-electron chi connectivity index (χ2n) is 4.42. The lowest BCUT2D eigenvalue weighted by Gasteiger charge is -2.36. The summed E-state index contributed by atoms with van der Waals surface area (Å²) < 4.78 is 39.1. The monoisotopic (exact) mass is 223 g/mol. The molecule has 0 aromatic heterocycles. The van der Waals surface area contributed by atoms with Crippen LogP contribution in [0.4, 0.5) is 13.2 Å². The number of hydrogen-bond donors (Lipinski definition) is 1. The highest BCUT2D eigenvalue weighted by Crippen LogP contribution is 2.40. The molecular weight excluding hydrogens is 203 g/mol. The van der Waals surface area contributed by atoms with E-state index in [4.69, 9.17) is 0 Å². The minimum atomic E-state index is -4.10. The van der Waals surface area contributed by atoms with Crippen LogP contribution in [0.5, 0.6) is 0 Å². The molecule has 0 unspecified atom stereocenters. The zero-order chi connectivity index (χ0) is 11.4. The molecule has 0 aromatic carbocycles. The Hall–Kier alpha value is -0.250. The molecule has 0 radical (unpaired) electrons. The van der Waals surface area contributed by atoms with E-state index in [0.717, 1.165) is 19.3 Å². The van der Waals surface area contributed by atoms with Crippen LogP contribution in [-0.2, 0) is 0 Å². The molecular formula is C11H20F3N. The lowest BCUT2D eigenvalue weighted by molar-refractivity contribution is -0.200. The Labute approximate surface area is 89.4 Å². The van der Waals surface area contributed by atoms with E-state index in [1.807, 2.05) is 6.92 Å². The van der Waals surface area contributed by atoms with Crippen molar-refractivity contribution >= 4 is 0 Å². The SMILES string of the molecule is CCCNC1(C(F)(F)F)CCCCCC1. The molecule has 0 saturated heterocycles. The van der Waals surface area contributed by atoms with E-state index >= 15 is 0 Å². The molecule has 15 heavy (non-hydrogen) atoms. The van der Waals surface area contributed by atoms with E-state index in [0.29, 0.717) is 19.4 Å². The fourth-order valence-corrected chi connectivity index (χ4v) is 2.26. The highest BCUT2D eigenvalue weighted by atomic mass is 19.4. The van der Waals surface area contributed by atoms with E-state index in [1.165, 1.54) is 0 Å². The molecule has 1 fully saturated rings. The Kier molecular flexibility index (Phi) is 4.44. The molecule has 0 bridgehead atoms. The zero-order valence-electron chi connectivity index (χ0n) is 9.29. The molecule has 1 nitrogen and oxygen atoms in total. The summed E-state index contributed by atoms with van der Waals surface area (Å²) in [5.41, 5.74) is -1.60. The van der Waals surface area contributed by atoms with Crippen molar-refractivity contribution in [1.29, 1.82) is 0 Å². The van der Waals surface area contributed by atoms with Gasteiger partial charge in [0.15, 0.2) is 0 Å². The van der Waals surface area contributed by atoms with Gasteiger partial charge in [-0.25, -0.2) is 0 Å². The molecule has 0 aromatic rings. The second kappa shape index (κ2) is 5.19. The minimum absolute atomic E-state index is 0.247. The third-order valence-electron chi connectivity index (χ3n) is 3.21. The normalized spacial score (nSPS) is 22.4. The van der Waals surface area contributed by atoms with E-state index in [-0.39, 0.29) is 12.8 Å². The van der Waals surface area contributed by atoms with Crippen LogP contribution in [-0.4, -0.2) is 18.3 Å². The summed E-state index contributed by atoms with van der Waals surface area (Å²) in [6, 6.07) is 0. The van der Waals surface area contributed by atoms with Crippen LogP contribution in [0.25, 0.3) is 0 Å². The number of hydrogen-bond acceptors (Lipinski definition) is 1. The highest BCUT2D eigenvalue weighted by Gasteiger charge is 2.53. The van der Waals surface area contributed by atoms with Crippen LogP contribution < -0.4 is 5.32 Å². The molecule has 1 aliphatic carbocycles. The predicted molar refractivity (Wildman–Crippen MR) is 54.8 cm³/mol. The second-order valence-corrected chi connectivity index (χ2v) is 4.42. The Balaban J connectivity index is 2.73. The molecule has 0 spiro atoms. The lowest BCUT2D eigenvalue weighted by atomic mass is 9.89. The van der Waals surface area contributed by atoms with Crippen molar-refractivity contribution in [1.82, 2.24) is 5.32 Å². The highest BCUT2D eigenvalue weighted by molar-refractivity contribution is 4.96. The summed E-state index contributed by atoms with van der Waals surface area (Å²) >= 11 is 0.